The third-order valence-corrected chi connectivity index (χ3v) is 2.99. The van der Waals surface area contributed by atoms with E-state index in [0.29, 0.717) is 19.8 Å². The standard InChI is InChI=1S/C14H18FNO3/c1-11(10-16-5-7-18-8-6-16)19-14(17)12-3-2-4-13(15)9-12/h2-4,9,11H,5-8,10H2,1H3/t11-/m0/s1. The Balaban J connectivity index is 1.84. The molecule has 0 saturated carbocycles. The van der Waals surface area contributed by atoms with Crippen LogP contribution in [0.5, 0.6) is 0 Å². The summed E-state index contributed by atoms with van der Waals surface area (Å²) in [6.45, 7) is 5.63. The van der Waals surface area contributed by atoms with Crippen molar-refractivity contribution >= 4 is 5.97 Å². The third kappa shape index (κ3) is 4.29. The van der Waals surface area contributed by atoms with Gasteiger partial charge in [-0.15, -0.1) is 0 Å². The van der Waals surface area contributed by atoms with Crippen molar-refractivity contribution in [1.29, 1.82) is 0 Å². The molecule has 0 bridgehead atoms. The molecule has 0 unspecified atom stereocenters. The molecular formula is C14H18FNO3. The molecule has 0 N–H and O–H groups in total. The van der Waals surface area contributed by atoms with Crippen molar-refractivity contribution < 1.29 is 18.7 Å². The molecule has 4 nitrogen and oxygen atoms in total. The Labute approximate surface area is 112 Å². The van der Waals surface area contributed by atoms with Gasteiger partial charge in [0.1, 0.15) is 11.9 Å². The number of hydrogen-bond acceptors (Lipinski definition) is 4. The van der Waals surface area contributed by atoms with Crippen LogP contribution >= 0.6 is 0 Å². The second kappa shape index (κ2) is 6.63. The molecule has 0 aliphatic carbocycles. The lowest BCUT2D eigenvalue weighted by molar-refractivity contribution is 0.000422. The van der Waals surface area contributed by atoms with Gasteiger partial charge in [0.15, 0.2) is 0 Å². The molecule has 2 rings (SSSR count). The normalized spacial score (nSPS) is 18.0. The van der Waals surface area contributed by atoms with Crippen molar-refractivity contribution in [2.75, 3.05) is 32.8 Å². The van der Waals surface area contributed by atoms with E-state index >= 15 is 0 Å². The van der Waals surface area contributed by atoms with Crippen LogP contribution < -0.4 is 0 Å². The molecule has 0 radical (unpaired) electrons. The molecule has 104 valence electrons. The van der Waals surface area contributed by atoms with E-state index < -0.39 is 11.8 Å². The molecule has 19 heavy (non-hydrogen) atoms. The minimum Gasteiger partial charge on any atom is -0.458 e. The summed E-state index contributed by atoms with van der Waals surface area (Å²) in [6.07, 6.45) is -0.228. The lowest BCUT2D eigenvalue weighted by Gasteiger charge is -2.28. The number of rotatable bonds is 4. The summed E-state index contributed by atoms with van der Waals surface area (Å²) in [5.74, 6) is -0.921. The van der Waals surface area contributed by atoms with Gasteiger partial charge in [-0.05, 0) is 25.1 Å². The van der Waals surface area contributed by atoms with Crippen LogP contribution in [0.3, 0.4) is 0 Å². The molecule has 1 fully saturated rings. The van der Waals surface area contributed by atoms with E-state index in [1.54, 1.807) is 6.07 Å². The second-order valence-corrected chi connectivity index (χ2v) is 4.64. The number of benzene rings is 1. The Hall–Kier alpha value is -1.46. The Bertz CT molecular complexity index is 432. The first-order chi connectivity index (χ1) is 9.15. The van der Waals surface area contributed by atoms with E-state index in [2.05, 4.69) is 4.90 Å². The van der Waals surface area contributed by atoms with E-state index in [4.69, 9.17) is 9.47 Å². The molecule has 1 heterocycles. The molecule has 0 spiro atoms. The Morgan fingerprint density at radius 3 is 2.89 bits per heavy atom. The monoisotopic (exact) mass is 267 g/mol. The lowest BCUT2D eigenvalue weighted by atomic mass is 10.2. The zero-order valence-electron chi connectivity index (χ0n) is 11.0. The highest BCUT2D eigenvalue weighted by Crippen LogP contribution is 2.08. The third-order valence-electron chi connectivity index (χ3n) is 2.99. The molecule has 1 aliphatic rings. The highest BCUT2D eigenvalue weighted by Gasteiger charge is 2.17. The molecular weight excluding hydrogens is 249 g/mol. The molecule has 0 amide bonds. The average Bonchev–Trinajstić information content (AvgIpc) is 2.39. The maximum atomic E-state index is 13.0. The summed E-state index contributed by atoms with van der Waals surface area (Å²) in [6, 6.07) is 5.53. The highest BCUT2D eigenvalue weighted by molar-refractivity contribution is 5.89. The van der Waals surface area contributed by atoms with Gasteiger partial charge in [0.2, 0.25) is 0 Å². The summed E-state index contributed by atoms with van der Waals surface area (Å²) >= 11 is 0. The number of nitrogens with zero attached hydrogens (tertiary/aromatic N) is 1. The van der Waals surface area contributed by atoms with Crippen molar-refractivity contribution in [3.05, 3.63) is 35.6 Å². The van der Waals surface area contributed by atoms with Gasteiger partial charge in [0.25, 0.3) is 0 Å². The van der Waals surface area contributed by atoms with Gasteiger partial charge >= 0.3 is 5.97 Å². The predicted octanol–water partition coefficient (Wildman–Crippen LogP) is 1.70. The fourth-order valence-electron chi connectivity index (χ4n) is 2.05. The Morgan fingerprint density at radius 1 is 1.47 bits per heavy atom. The van der Waals surface area contributed by atoms with Crippen molar-refractivity contribution in [3.8, 4) is 0 Å². The van der Waals surface area contributed by atoms with Crippen molar-refractivity contribution in [3.63, 3.8) is 0 Å². The first kappa shape index (κ1) is 14.0. The van der Waals surface area contributed by atoms with Crippen LogP contribution in [-0.4, -0.2) is 49.8 Å². The van der Waals surface area contributed by atoms with Gasteiger partial charge in [-0.2, -0.15) is 0 Å². The molecule has 1 aromatic carbocycles. The zero-order valence-corrected chi connectivity index (χ0v) is 11.0. The number of halogens is 1. The van der Waals surface area contributed by atoms with E-state index in [9.17, 15) is 9.18 Å². The van der Waals surface area contributed by atoms with E-state index in [1.807, 2.05) is 6.92 Å². The van der Waals surface area contributed by atoms with Crippen LogP contribution in [0, 0.1) is 5.82 Å². The summed E-state index contributed by atoms with van der Waals surface area (Å²) in [4.78, 5) is 14.0. The number of carbonyl (C=O) groups is 1. The average molecular weight is 267 g/mol. The summed E-state index contributed by atoms with van der Waals surface area (Å²) in [5.41, 5.74) is 0.244. The minimum atomic E-state index is -0.486. The van der Waals surface area contributed by atoms with Gasteiger partial charge in [0, 0.05) is 19.6 Å². The molecule has 1 aromatic rings. The Kier molecular flexibility index (Phi) is 4.87. The van der Waals surface area contributed by atoms with Crippen LogP contribution in [0.4, 0.5) is 4.39 Å². The topological polar surface area (TPSA) is 38.8 Å². The second-order valence-electron chi connectivity index (χ2n) is 4.64. The minimum absolute atomic E-state index is 0.228. The Morgan fingerprint density at radius 2 is 2.21 bits per heavy atom. The summed E-state index contributed by atoms with van der Waals surface area (Å²) in [7, 11) is 0. The number of morpholine rings is 1. The predicted molar refractivity (Wildman–Crippen MR) is 68.5 cm³/mol. The van der Waals surface area contributed by atoms with Crippen LogP contribution in [0.15, 0.2) is 24.3 Å². The van der Waals surface area contributed by atoms with Gasteiger partial charge in [-0.25, -0.2) is 9.18 Å². The summed E-state index contributed by atoms with van der Waals surface area (Å²) < 4.78 is 23.6. The maximum Gasteiger partial charge on any atom is 0.338 e. The lowest BCUT2D eigenvalue weighted by Crippen LogP contribution is -2.41. The largest absolute Gasteiger partial charge is 0.458 e. The number of carbonyl (C=O) groups excluding carboxylic acids is 1. The van der Waals surface area contributed by atoms with Gasteiger partial charge in [0.05, 0.1) is 18.8 Å². The van der Waals surface area contributed by atoms with Crippen molar-refractivity contribution in [2.24, 2.45) is 0 Å². The maximum absolute atomic E-state index is 13.0. The highest BCUT2D eigenvalue weighted by atomic mass is 19.1. The van der Waals surface area contributed by atoms with Gasteiger partial charge < -0.3 is 9.47 Å². The van der Waals surface area contributed by atoms with E-state index in [1.165, 1.54) is 18.2 Å². The first-order valence-corrected chi connectivity index (χ1v) is 6.42. The number of hydrogen-bond donors (Lipinski definition) is 0. The van der Waals surface area contributed by atoms with Crippen LogP contribution in [0.1, 0.15) is 17.3 Å². The van der Waals surface area contributed by atoms with Gasteiger partial charge in [-0.1, -0.05) is 6.07 Å². The van der Waals surface area contributed by atoms with Crippen molar-refractivity contribution in [2.45, 2.75) is 13.0 Å². The quantitative estimate of drug-likeness (QED) is 0.778. The van der Waals surface area contributed by atoms with E-state index in [0.717, 1.165) is 13.1 Å². The van der Waals surface area contributed by atoms with Crippen molar-refractivity contribution in [1.82, 2.24) is 4.90 Å². The first-order valence-electron chi connectivity index (χ1n) is 6.42. The zero-order chi connectivity index (χ0) is 13.7. The van der Waals surface area contributed by atoms with E-state index in [-0.39, 0.29) is 11.7 Å². The fraction of sp³-hybridized carbons (Fsp3) is 0.500. The fourth-order valence-corrected chi connectivity index (χ4v) is 2.05. The van der Waals surface area contributed by atoms with Gasteiger partial charge in [-0.3, -0.25) is 4.90 Å². The SMILES string of the molecule is C[C@@H](CN1CCOCC1)OC(=O)c1cccc(F)c1. The number of ether oxygens (including phenoxy) is 2. The smallest absolute Gasteiger partial charge is 0.338 e. The van der Waals surface area contributed by atoms with Crippen LogP contribution in [-0.2, 0) is 9.47 Å². The molecule has 5 heteroatoms. The molecule has 1 saturated heterocycles. The van der Waals surface area contributed by atoms with Crippen LogP contribution in [0.2, 0.25) is 0 Å². The molecule has 1 atom stereocenters. The molecule has 1 aliphatic heterocycles. The van der Waals surface area contributed by atoms with Crippen LogP contribution in [0.25, 0.3) is 0 Å². The molecule has 0 aromatic heterocycles. The summed E-state index contributed by atoms with van der Waals surface area (Å²) in [5, 5.41) is 0. The number of esters is 1.